The molecule has 0 amide bonds. The van der Waals surface area contributed by atoms with E-state index in [-0.39, 0.29) is 5.41 Å². The summed E-state index contributed by atoms with van der Waals surface area (Å²) in [4.78, 5) is 0.713. The Kier molecular flexibility index (Phi) is 4.92. The van der Waals surface area contributed by atoms with Crippen LogP contribution in [0.15, 0.2) is 23.1 Å². The van der Waals surface area contributed by atoms with Gasteiger partial charge in [0.1, 0.15) is 0 Å². The van der Waals surface area contributed by atoms with E-state index >= 15 is 0 Å². The molecular formula is C14H20N2OS. The van der Waals surface area contributed by atoms with Crippen LogP contribution in [0.25, 0.3) is 0 Å². The van der Waals surface area contributed by atoms with Crippen LogP contribution < -0.4 is 5.73 Å². The molecule has 0 bridgehead atoms. The van der Waals surface area contributed by atoms with E-state index in [1.165, 1.54) is 0 Å². The van der Waals surface area contributed by atoms with E-state index in [1.807, 2.05) is 32.9 Å². The number of hydrogen-bond acceptors (Lipinski definition) is 3. The molecule has 3 nitrogen and oxygen atoms in total. The SMILES string of the molecule is Cc1ccc(N)c(S(=O)CCCC(C)(C)C#N)c1. The lowest BCUT2D eigenvalue weighted by Gasteiger charge is -2.14. The molecule has 0 aliphatic heterocycles. The van der Waals surface area contributed by atoms with Gasteiger partial charge in [0.05, 0.1) is 27.2 Å². The third-order valence-electron chi connectivity index (χ3n) is 2.85. The predicted molar refractivity (Wildman–Crippen MR) is 75.5 cm³/mol. The molecular weight excluding hydrogens is 244 g/mol. The molecule has 1 aromatic carbocycles. The zero-order valence-corrected chi connectivity index (χ0v) is 12.0. The van der Waals surface area contributed by atoms with Gasteiger partial charge in [-0.3, -0.25) is 4.21 Å². The van der Waals surface area contributed by atoms with Crippen LogP contribution in [0, 0.1) is 23.7 Å². The maximum absolute atomic E-state index is 12.1. The quantitative estimate of drug-likeness (QED) is 0.831. The second-order valence-electron chi connectivity index (χ2n) is 5.19. The molecule has 0 radical (unpaired) electrons. The molecule has 1 aromatic rings. The van der Waals surface area contributed by atoms with Crippen molar-refractivity contribution in [2.45, 2.75) is 38.5 Å². The van der Waals surface area contributed by atoms with Crippen molar-refractivity contribution in [2.75, 3.05) is 11.5 Å². The van der Waals surface area contributed by atoms with Crippen LogP contribution in [-0.2, 0) is 10.8 Å². The zero-order chi connectivity index (χ0) is 13.8. The molecule has 98 valence electrons. The van der Waals surface area contributed by atoms with Crippen LogP contribution >= 0.6 is 0 Å². The second kappa shape index (κ2) is 6.01. The lowest BCUT2D eigenvalue weighted by molar-refractivity contribution is 0.447. The lowest BCUT2D eigenvalue weighted by atomic mass is 9.90. The fourth-order valence-corrected chi connectivity index (χ4v) is 2.92. The van der Waals surface area contributed by atoms with E-state index in [2.05, 4.69) is 6.07 Å². The molecule has 0 fully saturated rings. The van der Waals surface area contributed by atoms with Gasteiger partial charge in [0, 0.05) is 11.4 Å². The molecule has 4 heteroatoms. The molecule has 1 unspecified atom stereocenters. The minimum Gasteiger partial charge on any atom is -0.398 e. The minimum atomic E-state index is -1.08. The third-order valence-corrected chi connectivity index (χ3v) is 4.35. The van der Waals surface area contributed by atoms with Gasteiger partial charge in [0.25, 0.3) is 0 Å². The molecule has 1 rings (SSSR count). The van der Waals surface area contributed by atoms with E-state index in [9.17, 15) is 4.21 Å². The first-order chi connectivity index (χ1) is 8.35. The van der Waals surface area contributed by atoms with Crippen LogP contribution in [0.1, 0.15) is 32.3 Å². The average Bonchev–Trinajstić information content (AvgIpc) is 2.32. The van der Waals surface area contributed by atoms with E-state index in [0.717, 1.165) is 18.4 Å². The highest BCUT2D eigenvalue weighted by atomic mass is 32.2. The second-order valence-corrected chi connectivity index (χ2v) is 6.73. The highest BCUT2D eigenvalue weighted by Crippen LogP contribution is 2.23. The smallest absolute Gasteiger partial charge is 0.0683 e. The van der Waals surface area contributed by atoms with Crippen molar-refractivity contribution in [1.82, 2.24) is 0 Å². The minimum absolute atomic E-state index is 0.345. The monoisotopic (exact) mass is 264 g/mol. The van der Waals surface area contributed by atoms with Crippen molar-refractivity contribution >= 4 is 16.5 Å². The number of nitriles is 1. The number of anilines is 1. The Morgan fingerprint density at radius 3 is 2.72 bits per heavy atom. The fourth-order valence-electron chi connectivity index (χ4n) is 1.65. The van der Waals surface area contributed by atoms with E-state index in [1.54, 1.807) is 6.07 Å². The molecule has 0 heterocycles. The number of hydrogen-bond donors (Lipinski definition) is 1. The Morgan fingerprint density at radius 2 is 2.11 bits per heavy atom. The Bertz CT molecular complexity index is 489. The van der Waals surface area contributed by atoms with Crippen molar-refractivity contribution in [2.24, 2.45) is 5.41 Å². The Morgan fingerprint density at radius 1 is 1.44 bits per heavy atom. The van der Waals surface area contributed by atoms with Crippen molar-refractivity contribution in [3.8, 4) is 6.07 Å². The maximum atomic E-state index is 12.1. The summed E-state index contributed by atoms with van der Waals surface area (Å²) in [5, 5.41) is 8.91. The highest BCUT2D eigenvalue weighted by molar-refractivity contribution is 7.85. The first-order valence-electron chi connectivity index (χ1n) is 6.01. The molecule has 0 aromatic heterocycles. The summed E-state index contributed by atoms with van der Waals surface area (Å²) in [6.45, 7) is 5.76. The van der Waals surface area contributed by atoms with Crippen LogP contribution in [0.2, 0.25) is 0 Å². The Labute approximate surface area is 111 Å². The normalized spacial score (nSPS) is 13.0. The highest BCUT2D eigenvalue weighted by Gasteiger charge is 2.17. The first-order valence-corrected chi connectivity index (χ1v) is 7.33. The van der Waals surface area contributed by atoms with Crippen molar-refractivity contribution < 1.29 is 4.21 Å². The molecule has 0 aliphatic rings. The van der Waals surface area contributed by atoms with Crippen LogP contribution in [0.3, 0.4) is 0 Å². The van der Waals surface area contributed by atoms with Gasteiger partial charge in [-0.15, -0.1) is 0 Å². The molecule has 0 aliphatic carbocycles. The lowest BCUT2D eigenvalue weighted by Crippen LogP contribution is -2.10. The summed E-state index contributed by atoms with van der Waals surface area (Å²) in [7, 11) is -1.08. The Balaban J connectivity index is 2.62. The van der Waals surface area contributed by atoms with Crippen LogP contribution in [0.4, 0.5) is 5.69 Å². The molecule has 0 saturated carbocycles. The van der Waals surface area contributed by atoms with Crippen molar-refractivity contribution in [1.29, 1.82) is 5.26 Å². The predicted octanol–water partition coefficient (Wildman–Crippen LogP) is 3.01. The molecule has 0 spiro atoms. The molecule has 0 saturated heterocycles. The van der Waals surface area contributed by atoms with Crippen LogP contribution in [0.5, 0.6) is 0 Å². The van der Waals surface area contributed by atoms with Gasteiger partial charge in [-0.05, 0) is 51.3 Å². The van der Waals surface area contributed by atoms with Crippen molar-refractivity contribution in [3.63, 3.8) is 0 Å². The van der Waals surface area contributed by atoms with Gasteiger partial charge in [-0.25, -0.2) is 0 Å². The zero-order valence-electron chi connectivity index (χ0n) is 11.2. The van der Waals surface area contributed by atoms with Gasteiger partial charge in [-0.2, -0.15) is 5.26 Å². The summed E-state index contributed by atoms with van der Waals surface area (Å²) < 4.78 is 12.1. The summed E-state index contributed by atoms with van der Waals surface area (Å²) in [5.74, 6) is 0.554. The molecule has 2 N–H and O–H groups in total. The number of nitrogens with zero attached hydrogens (tertiary/aromatic N) is 1. The number of benzene rings is 1. The van der Waals surface area contributed by atoms with Gasteiger partial charge in [0.15, 0.2) is 0 Å². The summed E-state index contributed by atoms with van der Waals surface area (Å²) >= 11 is 0. The number of nitrogens with two attached hydrogens (primary N) is 1. The first kappa shape index (κ1) is 14.7. The number of nitrogen functional groups attached to an aromatic ring is 1. The Hall–Kier alpha value is -1.34. The fraction of sp³-hybridized carbons (Fsp3) is 0.500. The number of rotatable bonds is 5. The maximum Gasteiger partial charge on any atom is 0.0683 e. The van der Waals surface area contributed by atoms with Crippen LogP contribution in [-0.4, -0.2) is 9.96 Å². The van der Waals surface area contributed by atoms with E-state index in [0.29, 0.717) is 16.3 Å². The van der Waals surface area contributed by atoms with Gasteiger partial charge >= 0.3 is 0 Å². The standard InChI is InChI=1S/C14H20N2OS/c1-11-5-6-12(16)13(9-11)18(17)8-4-7-14(2,3)10-15/h5-6,9H,4,7-8,16H2,1-3H3. The number of aryl methyl sites for hydroxylation is 1. The van der Waals surface area contributed by atoms with Gasteiger partial charge < -0.3 is 5.73 Å². The van der Waals surface area contributed by atoms with Gasteiger partial charge in [0.2, 0.25) is 0 Å². The molecule has 18 heavy (non-hydrogen) atoms. The van der Waals surface area contributed by atoms with E-state index in [4.69, 9.17) is 11.0 Å². The van der Waals surface area contributed by atoms with E-state index < -0.39 is 10.8 Å². The van der Waals surface area contributed by atoms with Crippen molar-refractivity contribution in [3.05, 3.63) is 23.8 Å². The average molecular weight is 264 g/mol. The topological polar surface area (TPSA) is 66.9 Å². The third kappa shape index (κ3) is 4.15. The summed E-state index contributed by atoms with van der Waals surface area (Å²) in [6, 6.07) is 7.83. The van der Waals surface area contributed by atoms with Gasteiger partial charge in [-0.1, -0.05) is 6.07 Å². The largest absolute Gasteiger partial charge is 0.398 e. The summed E-state index contributed by atoms with van der Waals surface area (Å²) in [6.07, 6.45) is 1.52. The summed E-state index contributed by atoms with van der Waals surface area (Å²) in [5.41, 5.74) is 7.13. The molecule has 1 atom stereocenters.